The van der Waals surface area contributed by atoms with Crippen LogP contribution in [0.15, 0.2) is 34.1 Å². The van der Waals surface area contributed by atoms with E-state index in [9.17, 15) is 16.8 Å². The van der Waals surface area contributed by atoms with Crippen LogP contribution in [0.1, 0.15) is 12.8 Å². The van der Waals surface area contributed by atoms with Crippen LogP contribution in [-0.2, 0) is 19.9 Å². The molecule has 2 rings (SSSR count). The molecule has 1 aliphatic carbocycles. The molecule has 0 radical (unpaired) electrons. The maximum atomic E-state index is 12.0. The fourth-order valence-electron chi connectivity index (χ4n) is 1.76. The fraction of sp³-hybridized carbons (Fsp3) is 0.500. The van der Waals surface area contributed by atoms with E-state index in [-0.39, 0.29) is 28.4 Å². The van der Waals surface area contributed by atoms with Crippen molar-refractivity contribution in [3.63, 3.8) is 0 Å². The van der Waals surface area contributed by atoms with Crippen LogP contribution >= 0.6 is 0 Å². The molecule has 8 heteroatoms. The highest BCUT2D eigenvalue weighted by Crippen LogP contribution is 2.44. The summed E-state index contributed by atoms with van der Waals surface area (Å²) in [7, 11) is -7.02. The number of aliphatic hydroxyl groups is 1. The highest BCUT2D eigenvalue weighted by molar-refractivity contribution is 7.90. The Kier molecular flexibility index (Phi) is 3.94. The number of aliphatic hydroxyl groups excluding tert-OH is 1. The molecule has 0 spiro atoms. The van der Waals surface area contributed by atoms with Gasteiger partial charge in [-0.25, -0.2) is 21.6 Å². The van der Waals surface area contributed by atoms with E-state index in [2.05, 4.69) is 4.72 Å². The summed E-state index contributed by atoms with van der Waals surface area (Å²) in [6.45, 7) is 0.155. The summed E-state index contributed by atoms with van der Waals surface area (Å²) < 4.78 is 49.1. The number of sulfone groups is 1. The van der Waals surface area contributed by atoms with Crippen molar-refractivity contribution >= 4 is 19.9 Å². The van der Waals surface area contributed by atoms with E-state index in [1.54, 1.807) is 0 Å². The summed E-state index contributed by atoms with van der Waals surface area (Å²) in [6.07, 6.45) is 2.67. The van der Waals surface area contributed by atoms with Crippen LogP contribution in [0.3, 0.4) is 0 Å². The second kappa shape index (κ2) is 5.10. The van der Waals surface area contributed by atoms with Gasteiger partial charge < -0.3 is 5.11 Å². The van der Waals surface area contributed by atoms with E-state index in [0.29, 0.717) is 0 Å². The average Bonchev–Trinajstić information content (AvgIpc) is 3.16. The van der Waals surface area contributed by atoms with E-state index in [1.165, 1.54) is 24.3 Å². The molecule has 112 valence electrons. The molecule has 1 aromatic rings. The van der Waals surface area contributed by atoms with Crippen molar-refractivity contribution in [1.29, 1.82) is 0 Å². The fourth-order valence-corrected chi connectivity index (χ4v) is 3.55. The Balaban J connectivity index is 2.14. The third kappa shape index (κ3) is 3.38. The Morgan fingerprint density at radius 3 is 2.00 bits per heavy atom. The minimum absolute atomic E-state index is 0.0126. The summed E-state index contributed by atoms with van der Waals surface area (Å²) in [6, 6.07) is 5.06. The van der Waals surface area contributed by atoms with Gasteiger partial charge in [0.1, 0.15) is 0 Å². The van der Waals surface area contributed by atoms with E-state index in [0.717, 1.165) is 19.1 Å². The van der Waals surface area contributed by atoms with Gasteiger partial charge >= 0.3 is 0 Å². The molecule has 6 nitrogen and oxygen atoms in total. The molecule has 20 heavy (non-hydrogen) atoms. The summed E-state index contributed by atoms with van der Waals surface area (Å²) >= 11 is 0. The van der Waals surface area contributed by atoms with Crippen LogP contribution in [0.5, 0.6) is 0 Å². The number of hydrogen-bond acceptors (Lipinski definition) is 5. The first-order valence-electron chi connectivity index (χ1n) is 6.09. The van der Waals surface area contributed by atoms with Crippen molar-refractivity contribution in [2.45, 2.75) is 22.6 Å². The molecule has 0 aliphatic heterocycles. The topological polar surface area (TPSA) is 101 Å². The Morgan fingerprint density at radius 1 is 1.10 bits per heavy atom. The number of sulfonamides is 1. The van der Waals surface area contributed by atoms with Gasteiger partial charge in [0.25, 0.3) is 0 Å². The molecule has 1 aromatic carbocycles. The second-order valence-electron chi connectivity index (χ2n) is 5.23. The first kappa shape index (κ1) is 15.4. The van der Waals surface area contributed by atoms with Crippen molar-refractivity contribution in [1.82, 2.24) is 4.72 Å². The zero-order valence-corrected chi connectivity index (χ0v) is 12.7. The third-order valence-electron chi connectivity index (χ3n) is 3.49. The van der Waals surface area contributed by atoms with Crippen LogP contribution in [0.4, 0.5) is 0 Å². The lowest BCUT2D eigenvalue weighted by Crippen LogP contribution is -2.31. The van der Waals surface area contributed by atoms with E-state index < -0.39 is 19.9 Å². The SMILES string of the molecule is CS(=O)(=O)c1ccc(S(=O)(=O)NCC2(CO)CC2)cc1. The van der Waals surface area contributed by atoms with Crippen molar-refractivity contribution in [2.75, 3.05) is 19.4 Å². The predicted octanol–water partition coefficient (Wildman–Crippen LogP) is 0.141. The molecule has 1 fully saturated rings. The monoisotopic (exact) mass is 319 g/mol. The van der Waals surface area contributed by atoms with Gasteiger partial charge in [0.2, 0.25) is 10.0 Å². The molecule has 1 saturated carbocycles. The summed E-state index contributed by atoms with van der Waals surface area (Å²) in [5.74, 6) is 0. The van der Waals surface area contributed by atoms with Crippen LogP contribution in [0.25, 0.3) is 0 Å². The largest absolute Gasteiger partial charge is 0.396 e. The molecule has 0 unspecified atom stereocenters. The number of benzene rings is 1. The first-order valence-corrected chi connectivity index (χ1v) is 9.47. The van der Waals surface area contributed by atoms with Gasteiger partial charge in [-0.1, -0.05) is 0 Å². The maximum Gasteiger partial charge on any atom is 0.240 e. The Morgan fingerprint density at radius 2 is 1.60 bits per heavy atom. The Bertz CT molecular complexity index is 688. The molecule has 0 atom stereocenters. The molecular weight excluding hydrogens is 302 g/mol. The Labute approximate surface area is 118 Å². The standard InChI is InChI=1S/C12H17NO5S2/c1-19(15,16)10-2-4-11(5-3-10)20(17,18)13-8-12(9-14)6-7-12/h2-5,13-14H,6-9H2,1H3. The van der Waals surface area contributed by atoms with Gasteiger partial charge in [-0.2, -0.15) is 0 Å². The first-order chi connectivity index (χ1) is 9.19. The molecule has 0 amide bonds. The van der Waals surface area contributed by atoms with Gasteiger partial charge in [-0.3, -0.25) is 0 Å². The number of hydrogen-bond donors (Lipinski definition) is 2. The highest BCUT2D eigenvalue weighted by atomic mass is 32.2. The van der Waals surface area contributed by atoms with Crippen LogP contribution < -0.4 is 4.72 Å². The lowest BCUT2D eigenvalue weighted by Gasteiger charge is -2.13. The molecular formula is C12H17NO5S2. The van der Waals surface area contributed by atoms with E-state index in [4.69, 9.17) is 5.11 Å². The highest BCUT2D eigenvalue weighted by Gasteiger charge is 2.42. The van der Waals surface area contributed by atoms with Gasteiger partial charge in [0.05, 0.1) is 9.79 Å². The molecule has 1 aliphatic rings. The minimum Gasteiger partial charge on any atom is -0.396 e. The molecule has 2 N–H and O–H groups in total. The smallest absolute Gasteiger partial charge is 0.240 e. The zero-order chi connectivity index (χ0) is 15.0. The van der Waals surface area contributed by atoms with Gasteiger partial charge in [-0.05, 0) is 37.1 Å². The molecule has 0 aromatic heterocycles. The van der Waals surface area contributed by atoms with Crippen LogP contribution in [-0.4, -0.2) is 41.3 Å². The lowest BCUT2D eigenvalue weighted by atomic mass is 10.1. The Hall–Kier alpha value is -0.960. The van der Waals surface area contributed by atoms with Gasteiger partial charge in [0, 0.05) is 24.8 Å². The lowest BCUT2D eigenvalue weighted by molar-refractivity contribution is 0.213. The second-order valence-corrected chi connectivity index (χ2v) is 9.01. The molecule has 0 saturated heterocycles. The third-order valence-corrected chi connectivity index (χ3v) is 6.04. The zero-order valence-electron chi connectivity index (χ0n) is 11.0. The quantitative estimate of drug-likeness (QED) is 0.777. The minimum atomic E-state index is -3.68. The maximum absolute atomic E-state index is 12.0. The summed E-state index contributed by atoms with van der Waals surface area (Å²) in [5, 5.41) is 9.15. The van der Waals surface area contributed by atoms with Crippen LogP contribution in [0, 0.1) is 5.41 Å². The summed E-state index contributed by atoms with van der Waals surface area (Å²) in [4.78, 5) is 0.0871. The van der Waals surface area contributed by atoms with Gasteiger partial charge in [0.15, 0.2) is 9.84 Å². The predicted molar refractivity (Wildman–Crippen MR) is 73.5 cm³/mol. The average molecular weight is 319 g/mol. The van der Waals surface area contributed by atoms with Gasteiger partial charge in [-0.15, -0.1) is 0 Å². The van der Waals surface area contributed by atoms with Crippen LogP contribution in [0.2, 0.25) is 0 Å². The van der Waals surface area contributed by atoms with Crippen molar-refractivity contribution < 1.29 is 21.9 Å². The van der Waals surface area contributed by atoms with Crippen molar-refractivity contribution in [3.05, 3.63) is 24.3 Å². The molecule has 0 bridgehead atoms. The van der Waals surface area contributed by atoms with E-state index in [1.807, 2.05) is 0 Å². The summed E-state index contributed by atoms with van der Waals surface area (Å²) in [5.41, 5.74) is -0.320. The molecule has 0 heterocycles. The van der Waals surface area contributed by atoms with Crippen molar-refractivity contribution in [3.8, 4) is 0 Å². The van der Waals surface area contributed by atoms with Crippen molar-refractivity contribution in [2.24, 2.45) is 5.41 Å². The normalized spacial score (nSPS) is 17.9. The number of nitrogens with one attached hydrogen (secondary N) is 1. The van der Waals surface area contributed by atoms with E-state index >= 15 is 0 Å². The number of rotatable bonds is 6.